The Balaban J connectivity index is 1.96. The van der Waals surface area contributed by atoms with Crippen molar-refractivity contribution >= 4 is 40.4 Å². The predicted molar refractivity (Wildman–Crippen MR) is 101 cm³/mol. The Morgan fingerprint density at radius 2 is 2.22 bits per heavy atom. The molecule has 0 aliphatic rings. The fraction of sp³-hybridized carbons (Fsp3) is 0.222. The third-order valence-corrected chi connectivity index (χ3v) is 5.09. The molecule has 7 nitrogen and oxygen atoms in total. The van der Waals surface area contributed by atoms with E-state index in [0.29, 0.717) is 45.6 Å². The molecule has 1 aromatic carbocycles. The summed E-state index contributed by atoms with van der Waals surface area (Å²) in [5.41, 5.74) is 2.63. The van der Waals surface area contributed by atoms with Gasteiger partial charge in [-0.15, -0.1) is 0 Å². The van der Waals surface area contributed by atoms with Crippen LogP contribution in [0.5, 0.6) is 0 Å². The highest BCUT2D eigenvalue weighted by molar-refractivity contribution is 6.35. The molecular formula is C18H16ClFN6O. The van der Waals surface area contributed by atoms with Crippen molar-refractivity contribution in [1.82, 2.24) is 24.6 Å². The summed E-state index contributed by atoms with van der Waals surface area (Å²) in [5, 5.41) is 10.2. The summed E-state index contributed by atoms with van der Waals surface area (Å²) < 4.78 is 16.8. The number of imidazole rings is 1. The van der Waals surface area contributed by atoms with Crippen molar-refractivity contribution in [2.75, 3.05) is 5.32 Å². The predicted octanol–water partition coefficient (Wildman–Crippen LogP) is 4.15. The number of halogens is 2. The minimum atomic E-state index is -0.464. The molecule has 0 bridgehead atoms. The third-order valence-electron chi connectivity index (χ3n) is 4.74. The topological polar surface area (TPSA) is 88.0 Å². The number of carbonyl (C=O) groups is 1. The van der Waals surface area contributed by atoms with Crippen LogP contribution in [-0.2, 0) is 4.79 Å². The Morgan fingerprint density at radius 1 is 1.41 bits per heavy atom. The van der Waals surface area contributed by atoms with Crippen molar-refractivity contribution in [3.8, 4) is 11.3 Å². The van der Waals surface area contributed by atoms with Gasteiger partial charge in [-0.2, -0.15) is 5.10 Å². The Hall–Kier alpha value is -3.00. The van der Waals surface area contributed by atoms with Crippen LogP contribution in [0.4, 0.5) is 10.2 Å². The van der Waals surface area contributed by atoms with Gasteiger partial charge in [-0.25, -0.2) is 9.37 Å². The lowest BCUT2D eigenvalue weighted by Crippen LogP contribution is -2.01. The number of carbonyl (C=O) groups excluding carboxylic acids is 1. The van der Waals surface area contributed by atoms with Crippen LogP contribution in [-0.4, -0.2) is 31.0 Å². The molecule has 1 unspecified atom stereocenters. The van der Waals surface area contributed by atoms with Crippen LogP contribution in [0.1, 0.15) is 31.7 Å². The second-order valence-electron chi connectivity index (χ2n) is 6.31. The first-order valence-corrected chi connectivity index (χ1v) is 8.82. The normalized spacial score (nSPS) is 12.6. The summed E-state index contributed by atoms with van der Waals surface area (Å²) in [6.45, 7) is 3.94. The summed E-state index contributed by atoms with van der Waals surface area (Å²) in [6, 6.07) is 0. The summed E-state index contributed by atoms with van der Waals surface area (Å²) in [7, 11) is 0. The van der Waals surface area contributed by atoms with Crippen LogP contribution in [0.25, 0.3) is 27.8 Å². The van der Waals surface area contributed by atoms with Crippen molar-refractivity contribution in [3.05, 3.63) is 41.2 Å². The molecule has 1 atom stereocenters. The summed E-state index contributed by atoms with van der Waals surface area (Å²) in [6.07, 6.45) is 7.81. The van der Waals surface area contributed by atoms with Gasteiger partial charge < -0.3 is 9.72 Å². The van der Waals surface area contributed by atoms with E-state index in [2.05, 4.69) is 25.5 Å². The van der Waals surface area contributed by atoms with Gasteiger partial charge in [0.2, 0.25) is 6.41 Å². The van der Waals surface area contributed by atoms with Crippen LogP contribution >= 0.6 is 11.6 Å². The average Bonchev–Trinajstić information content (AvgIpc) is 3.28. The van der Waals surface area contributed by atoms with Gasteiger partial charge in [0.05, 0.1) is 34.8 Å². The van der Waals surface area contributed by atoms with E-state index < -0.39 is 5.82 Å². The van der Waals surface area contributed by atoms with Gasteiger partial charge in [0.1, 0.15) is 5.82 Å². The smallest absolute Gasteiger partial charge is 0.212 e. The van der Waals surface area contributed by atoms with E-state index in [-0.39, 0.29) is 10.9 Å². The first-order chi connectivity index (χ1) is 13.0. The Morgan fingerprint density at radius 3 is 2.96 bits per heavy atom. The van der Waals surface area contributed by atoms with Crippen molar-refractivity contribution < 1.29 is 9.18 Å². The van der Waals surface area contributed by atoms with Crippen LogP contribution in [0.15, 0.2) is 24.8 Å². The van der Waals surface area contributed by atoms with Gasteiger partial charge in [-0.3, -0.25) is 14.9 Å². The fourth-order valence-corrected chi connectivity index (χ4v) is 3.51. The molecular weight excluding hydrogens is 371 g/mol. The fourth-order valence-electron chi connectivity index (χ4n) is 3.21. The van der Waals surface area contributed by atoms with E-state index in [0.717, 1.165) is 6.42 Å². The van der Waals surface area contributed by atoms with Crippen molar-refractivity contribution in [2.24, 2.45) is 0 Å². The number of fused-ring (bicyclic) bond motifs is 2. The number of H-pyrrole nitrogens is 1. The minimum absolute atomic E-state index is 0.0115. The third kappa shape index (κ3) is 2.73. The zero-order valence-electron chi connectivity index (χ0n) is 14.6. The molecule has 2 N–H and O–H groups in total. The van der Waals surface area contributed by atoms with Gasteiger partial charge >= 0.3 is 0 Å². The molecule has 1 amide bonds. The first kappa shape index (κ1) is 17.4. The molecule has 9 heteroatoms. The maximum absolute atomic E-state index is 15.1. The maximum Gasteiger partial charge on any atom is 0.212 e. The van der Waals surface area contributed by atoms with Crippen LogP contribution < -0.4 is 5.32 Å². The summed E-state index contributed by atoms with van der Waals surface area (Å²) in [5.74, 6) is -0.0871. The van der Waals surface area contributed by atoms with Crippen LogP contribution in [0.2, 0.25) is 5.02 Å². The van der Waals surface area contributed by atoms with E-state index in [1.165, 1.54) is 6.20 Å². The number of rotatable bonds is 5. The number of nitrogens with zero attached hydrogens (tertiary/aromatic N) is 4. The molecule has 0 spiro atoms. The highest BCUT2D eigenvalue weighted by atomic mass is 35.5. The Kier molecular flexibility index (Phi) is 4.27. The van der Waals surface area contributed by atoms with E-state index in [4.69, 9.17) is 11.6 Å². The van der Waals surface area contributed by atoms with E-state index in [9.17, 15) is 4.79 Å². The quantitative estimate of drug-likeness (QED) is 0.504. The number of nitrogens with one attached hydrogen (secondary N) is 2. The zero-order chi connectivity index (χ0) is 19.1. The lowest BCUT2D eigenvalue weighted by molar-refractivity contribution is -0.105. The van der Waals surface area contributed by atoms with Crippen molar-refractivity contribution in [2.45, 2.75) is 26.2 Å². The zero-order valence-corrected chi connectivity index (χ0v) is 15.4. The number of hydrogen-bond acceptors (Lipinski definition) is 4. The number of hydrogen-bond donors (Lipinski definition) is 2. The molecule has 3 heterocycles. The first-order valence-electron chi connectivity index (χ1n) is 8.44. The molecule has 0 radical (unpaired) electrons. The Bertz CT molecular complexity index is 1170. The molecule has 0 aliphatic carbocycles. The standard InChI is InChI=1S/C18H16ClFN6O/c1-3-9(2)14-17(20)16(19)15(10-4-23-25-18(10)14)11-6-26-7-12(22-8-27)24-13(26)5-21-11/h4-9H,3H2,1-2H3,(H,22,27)(H,23,25). The number of benzene rings is 1. The second kappa shape index (κ2) is 6.62. The molecule has 0 aliphatic heterocycles. The number of aromatic amines is 1. The van der Waals surface area contributed by atoms with E-state index in [1.54, 1.807) is 23.0 Å². The Labute approximate surface area is 158 Å². The SMILES string of the molecule is CCC(C)c1c(F)c(Cl)c(-c2cn3cc(NC=O)nc3cn2)c2cn[nH]c12. The van der Waals surface area contributed by atoms with Crippen molar-refractivity contribution in [3.63, 3.8) is 0 Å². The summed E-state index contributed by atoms with van der Waals surface area (Å²) in [4.78, 5) is 19.2. The number of aromatic nitrogens is 5. The molecule has 4 rings (SSSR count). The van der Waals surface area contributed by atoms with Gasteiger partial charge in [0.25, 0.3) is 0 Å². The lowest BCUT2D eigenvalue weighted by atomic mass is 9.93. The molecule has 138 valence electrons. The molecule has 27 heavy (non-hydrogen) atoms. The van der Waals surface area contributed by atoms with Crippen molar-refractivity contribution in [1.29, 1.82) is 0 Å². The van der Waals surface area contributed by atoms with E-state index in [1.807, 2.05) is 13.8 Å². The average molecular weight is 387 g/mol. The number of anilines is 1. The molecule has 0 saturated carbocycles. The molecule has 0 saturated heterocycles. The van der Waals surface area contributed by atoms with Gasteiger partial charge in [-0.05, 0) is 12.3 Å². The largest absolute Gasteiger partial charge is 0.312 e. The van der Waals surface area contributed by atoms with Gasteiger partial charge in [-0.1, -0.05) is 25.4 Å². The maximum atomic E-state index is 15.1. The molecule has 4 aromatic rings. The van der Waals surface area contributed by atoms with Crippen LogP contribution in [0, 0.1) is 5.82 Å². The van der Waals surface area contributed by atoms with Gasteiger partial charge in [0, 0.05) is 22.7 Å². The second-order valence-corrected chi connectivity index (χ2v) is 6.69. The molecule has 0 fully saturated rings. The summed E-state index contributed by atoms with van der Waals surface area (Å²) >= 11 is 6.44. The monoisotopic (exact) mass is 386 g/mol. The van der Waals surface area contributed by atoms with Crippen LogP contribution in [0.3, 0.4) is 0 Å². The lowest BCUT2D eigenvalue weighted by Gasteiger charge is -2.16. The van der Waals surface area contributed by atoms with Gasteiger partial charge in [0.15, 0.2) is 11.5 Å². The highest BCUT2D eigenvalue weighted by Gasteiger charge is 2.24. The highest BCUT2D eigenvalue weighted by Crippen LogP contribution is 2.41. The van der Waals surface area contributed by atoms with E-state index >= 15 is 4.39 Å². The molecule has 3 aromatic heterocycles. The minimum Gasteiger partial charge on any atom is -0.312 e. The number of amides is 1.